The molecule has 0 spiro atoms. The van der Waals surface area contributed by atoms with Crippen LogP contribution >= 0.6 is 0 Å². The molecule has 0 aromatic heterocycles. The molecule has 0 aromatic rings. The van der Waals surface area contributed by atoms with Gasteiger partial charge in [-0.1, -0.05) is 45.4 Å². The van der Waals surface area contributed by atoms with E-state index in [2.05, 4.69) is 17.6 Å². The van der Waals surface area contributed by atoms with Crippen LogP contribution in [0.4, 0.5) is 4.79 Å². The number of hydrogen-bond donors (Lipinski definition) is 2. The van der Waals surface area contributed by atoms with Crippen molar-refractivity contribution in [2.24, 2.45) is 0 Å². The highest BCUT2D eigenvalue weighted by Gasteiger charge is 2.19. The van der Waals surface area contributed by atoms with Gasteiger partial charge in [0.1, 0.15) is 5.60 Å². The Morgan fingerprint density at radius 1 is 1.14 bits per heavy atom. The van der Waals surface area contributed by atoms with Gasteiger partial charge < -0.3 is 15.4 Å². The third-order valence-electron chi connectivity index (χ3n) is 4.11. The van der Waals surface area contributed by atoms with E-state index in [0.717, 1.165) is 12.8 Å². The maximum absolute atomic E-state index is 11.8. The van der Waals surface area contributed by atoms with Crippen LogP contribution in [0.2, 0.25) is 0 Å². The maximum atomic E-state index is 11.8. The summed E-state index contributed by atoms with van der Waals surface area (Å²) in [5.41, 5.74) is -0.433. The lowest BCUT2D eigenvalue weighted by atomic mass is 9.95. The van der Waals surface area contributed by atoms with Crippen molar-refractivity contribution in [3.8, 4) is 0 Å². The van der Waals surface area contributed by atoms with Crippen LogP contribution in [-0.2, 0) is 4.74 Å². The third-order valence-corrected chi connectivity index (χ3v) is 4.11. The molecule has 0 radical (unpaired) electrons. The molecule has 2 N–H and O–H groups in total. The second-order valence-corrected chi connectivity index (χ2v) is 7.58. The van der Waals surface area contributed by atoms with Crippen molar-refractivity contribution in [3.63, 3.8) is 0 Å². The third kappa shape index (κ3) is 9.29. The molecule has 0 aromatic carbocycles. The summed E-state index contributed by atoms with van der Waals surface area (Å²) in [7, 11) is 0. The van der Waals surface area contributed by atoms with E-state index in [4.69, 9.17) is 4.74 Å². The highest BCUT2D eigenvalue weighted by Crippen LogP contribution is 2.18. The van der Waals surface area contributed by atoms with E-state index >= 15 is 0 Å². The van der Waals surface area contributed by atoms with Crippen molar-refractivity contribution in [3.05, 3.63) is 0 Å². The zero-order valence-corrected chi connectivity index (χ0v) is 15.0. The monoisotopic (exact) mass is 312 g/mol. The average Bonchev–Trinajstić information content (AvgIpc) is 2.37. The van der Waals surface area contributed by atoms with Crippen LogP contribution in [0.15, 0.2) is 0 Å². The molecule has 0 bridgehead atoms. The van der Waals surface area contributed by atoms with Crippen molar-refractivity contribution in [2.75, 3.05) is 6.54 Å². The molecule has 1 aliphatic rings. The van der Waals surface area contributed by atoms with Crippen LogP contribution in [0, 0.1) is 0 Å². The van der Waals surface area contributed by atoms with Gasteiger partial charge in [0, 0.05) is 18.6 Å². The Kier molecular flexibility index (Phi) is 8.84. The molecule has 0 heterocycles. The first-order valence-electron chi connectivity index (χ1n) is 9.13. The summed E-state index contributed by atoms with van der Waals surface area (Å²) in [6.07, 6.45) is 11.2. The van der Waals surface area contributed by atoms with Crippen molar-refractivity contribution < 1.29 is 9.53 Å². The van der Waals surface area contributed by atoms with Crippen LogP contribution < -0.4 is 10.6 Å². The summed E-state index contributed by atoms with van der Waals surface area (Å²) in [4.78, 5) is 11.8. The molecule has 1 rings (SSSR count). The van der Waals surface area contributed by atoms with Crippen molar-refractivity contribution in [1.82, 2.24) is 10.6 Å². The van der Waals surface area contributed by atoms with E-state index in [9.17, 15) is 4.79 Å². The van der Waals surface area contributed by atoms with Crippen molar-refractivity contribution in [2.45, 2.75) is 103 Å². The van der Waals surface area contributed by atoms with Crippen molar-refractivity contribution in [1.29, 1.82) is 0 Å². The number of ether oxygens (including phenoxy) is 1. The fourth-order valence-corrected chi connectivity index (χ4v) is 3.07. The zero-order chi connectivity index (χ0) is 16.4. The van der Waals surface area contributed by atoms with Gasteiger partial charge in [-0.2, -0.15) is 0 Å². The van der Waals surface area contributed by atoms with E-state index in [1.54, 1.807) is 0 Å². The number of nitrogens with one attached hydrogen (secondary N) is 2. The fourth-order valence-electron chi connectivity index (χ4n) is 3.07. The van der Waals surface area contributed by atoms with Gasteiger partial charge in [-0.05, 0) is 40.0 Å². The number of carbonyl (C=O) groups excluding carboxylic acids is 1. The normalized spacial score (nSPS) is 19.1. The van der Waals surface area contributed by atoms with Gasteiger partial charge in [-0.25, -0.2) is 4.79 Å². The maximum Gasteiger partial charge on any atom is 0.407 e. The topological polar surface area (TPSA) is 50.4 Å². The van der Waals surface area contributed by atoms with E-state index in [0.29, 0.717) is 18.6 Å². The van der Waals surface area contributed by atoms with Gasteiger partial charge in [-0.3, -0.25) is 0 Å². The first kappa shape index (κ1) is 19.3. The Labute approximate surface area is 136 Å². The molecule has 1 unspecified atom stereocenters. The molecule has 1 aliphatic carbocycles. The number of amides is 1. The standard InChI is InChI=1S/C18H36N2O2/c1-5-11-16(14-19-17(21)22-18(2,3)4)20-15-12-9-7-6-8-10-13-15/h15-16,20H,5-14H2,1-4H3,(H,19,21). The lowest BCUT2D eigenvalue weighted by Crippen LogP contribution is -2.46. The summed E-state index contributed by atoms with van der Waals surface area (Å²) >= 11 is 0. The van der Waals surface area contributed by atoms with Gasteiger partial charge in [0.15, 0.2) is 0 Å². The molecule has 1 amide bonds. The Morgan fingerprint density at radius 3 is 2.27 bits per heavy atom. The molecule has 4 heteroatoms. The molecule has 130 valence electrons. The fraction of sp³-hybridized carbons (Fsp3) is 0.944. The largest absolute Gasteiger partial charge is 0.444 e. The first-order valence-corrected chi connectivity index (χ1v) is 9.13. The summed E-state index contributed by atoms with van der Waals surface area (Å²) in [5.74, 6) is 0. The van der Waals surface area contributed by atoms with Crippen LogP contribution in [0.3, 0.4) is 0 Å². The van der Waals surface area contributed by atoms with Crippen LogP contribution in [0.5, 0.6) is 0 Å². The first-order chi connectivity index (χ1) is 10.4. The summed E-state index contributed by atoms with van der Waals surface area (Å²) in [5, 5.41) is 6.69. The predicted molar refractivity (Wildman–Crippen MR) is 92.2 cm³/mol. The Morgan fingerprint density at radius 2 is 1.73 bits per heavy atom. The molecular formula is C18H36N2O2. The molecule has 1 atom stereocenters. The van der Waals surface area contributed by atoms with Gasteiger partial charge >= 0.3 is 6.09 Å². The molecule has 0 aliphatic heterocycles. The zero-order valence-electron chi connectivity index (χ0n) is 15.0. The van der Waals surface area contributed by atoms with Crippen molar-refractivity contribution >= 4 is 6.09 Å². The number of rotatable bonds is 6. The minimum absolute atomic E-state index is 0.312. The van der Waals surface area contributed by atoms with Gasteiger partial charge in [0.2, 0.25) is 0 Å². The van der Waals surface area contributed by atoms with E-state index < -0.39 is 5.60 Å². The quantitative estimate of drug-likeness (QED) is 0.765. The molecule has 1 saturated carbocycles. The van der Waals surface area contributed by atoms with Gasteiger partial charge in [0.25, 0.3) is 0 Å². The van der Waals surface area contributed by atoms with E-state index in [1.807, 2.05) is 20.8 Å². The number of alkyl carbamates (subject to hydrolysis) is 1. The second kappa shape index (κ2) is 10.1. The van der Waals surface area contributed by atoms with E-state index in [-0.39, 0.29) is 6.09 Å². The average molecular weight is 312 g/mol. The van der Waals surface area contributed by atoms with Crippen LogP contribution in [0.1, 0.15) is 85.5 Å². The molecule has 22 heavy (non-hydrogen) atoms. The lowest BCUT2D eigenvalue weighted by Gasteiger charge is -2.28. The van der Waals surface area contributed by atoms with Gasteiger partial charge in [0.05, 0.1) is 0 Å². The molecule has 1 fully saturated rings. The van der Waals surface area contributed by atoms with Gasteiger partial charge in [-0.15, -0.1) is 0 Å². The highest BCUT2D eigenvalue weighted by molar-refractivity contribution is 5.67. The second-order valence-electron chi connectivity index (χ2n) is 7.58. The smallest absolute Gasteiger partial charge is 0.407 e. The highest BCUT2D eigenvalue weighted by atomic mass is 16.6. The Bertz CT molecular complexity index is 305. The number of hydrogen-bond acceptors (Lipinski definition) is 3. The Balaban J connectivity index is 2.38. The van der Waals surface area contributed by atoms with Crippen LogP contribution in [-0.4, -0.2) is 30.3 Å². The summed E-state index contributed by atoms with van der Waals surface area (Å²) in [6.45, 7) is 8.52. The Hall–Kier alpha value is -0.770. The minimum atomic E-state index is -0.433. The SMILES string of the molecule is CCCC(CNC(=O)OC(C)(C)C)NC1CCCCCCC1. The molecule has 4 nitrogen and oxygen atoms in total. The molecular weight excluding hydrogens is 276 g/mol. The predicted octanol–water partition coefficient (Wildman–Crippen LogP) is 4.38. The minimum Gasteiger partial charge on any atom is -0.444 e. The molecule has 0 saturated heterocycles. The number of carbonyl (C=O) groups is 1. The summed E-state index contributed by atoms with van der Waals surface area (Å²) in [6, 6.07) is 0.958. The van der Waals surface area contributed by atoms with E-state index in [1.165, 1.54) is 44.9 Å². The summed E-state index contributed by atoms with van der Waals surface area (Å²) < 4.78 is 5.31. The lowest BCUT2D eigenvalue weighted by molar-refractivity contribution is 0.0520. The van der Waals surface area contributed by atoms with Crippen LogP contribution in [0.25, 0.3) is 0 Å².